The van der Waals surface area contributed by atoms with Crippen LogP contribution in [0.5, 0.6) is 0 Å². The van der Waals surface area contributed by atoms with Crippen molar-refractivity contribution in [1.82, 2.24) is 9.36 Å². The Morgan fingerprint density at radius 1 is 1.58 bits per heavy atom. The van der Waals surface area contributed by atoms with E-state index in [0.717, 1.165) is 23.9 Å². The lowest BCUT2D eigenvalue weighted by molar-refractivity contribution is 0.0703. The predicted molar refractivity (Wildman–Crippen MR) is 50.9 cm³/mol. The number of aromatic nitrogens is 2. The smallest absolute Gasteiger partial charge is 0.203 e. The molecule has 1 fully saturated rings. The Kier molecular flexibility index (Phi) is 2.85. The molecule has 0 saturated carbocycles. The molecule has 66 valence electrons. The van der Waals surface area contributed by atoms with Gasteiger partial charge in [0.1, 0.15) is 6.10 Å². The highest BCUT2D eigenvalue weighted by Crippen LogP contribution is 2.26. The van der Waals surface area contributed by atoms with Crippen LogP contribution in [0, 0.1) is 0 Å². The molecule has 12 heavy (non-hydrogen) atoms. The van der Waals surface area contributed by atoms with E-state index in [1.54, 1.807) is 0 Å². The highest BCUT2D eigenvalue weighted by Gasteiger charge is 2.20. The van der Waals surface area contributed by atoms with Crippen molar-refractivity contribution in [2.45, 2.75) is 6.10 Å². The quantitative estimate of drug-likeness (QED) is 0.728. The van der Waals surface area contributed by atoms with Gasteiger partial charge in [0.05, 0.1) is 6.61 Å². The van der Waals surface area contributed by atoms with E-state index in [9.17, 15) is 0 Å². The first kappa shape index (κ1) is 8.74. The van der Waals surface area contributed by atoms with Gasteiger partial charge in [-0.05, 0) is 23.1 Å². The zero-order chi connectivity index (χ0) is 8.39. The average molecular weight is 223 g/mol. The molecule has 0 aliphatic carbocycles. The van der Waals surface area contributed by atoms with Crippen LogP contribution in [0.4, 0.5) is 0 Å². The van der Waals surface area contributed by atoms with E-state index in [-0.39, 0.29) is 6.10 Å². The third-order valence-corrected chi connectivity index (χ3v) is 3.33. The molecule has 2 rings (SSSR count). The Hall–Kier alpha value is 0.160. The topological polar surface area (TPSA) is 35.0 Å². The van der Waals surface area contributed by atoms with E-state index < -0.39 is 0 Å². The van der Waals surface area contributed by atoms with E-state index >= 15 is 0 Å². The van der Waals surface area contributed by atoms with Gasteiger partial charge in [-0.2, -0.15) is 16.1 Å². The second-order valence-electron chi connectivity index (χ2n) is 2.34. The normalized spacial score (nSPS) is 24.2. The van der Waals surface area contributed by atoms with E-state index in [4.69, 9.17) is 16.3 Å². The van der Waals surface area contributed by atoms with Crippen molar-refractivity contribution in [2.75, 3.05) is 18.1 Å². The van der Waals surface area contributed by atoms with Gasteiger partial charge in [-0.3, -0.25) is 0 Å². The van der Waals surface area contributed by atoms with Gasteiger partial charge in [0, 0.05) is 11.5 Å². The maximum absolute atomic E-state index is 5.66. The van der Waals surface area contributed by atoms with Gasteiger partial charge in [0.2, 0.25) is 4.47 Å². The molecule has 1 aromatic heterocycles. The van der Waals surface area contributed by atoms with Crippen molar-refractivity contribution in [2.24, 2.45) is 0 Å². The summed E-state index contributed by atoms with van der Waals surface area (Å²) in [5.74, 6) is 2.73. The molecule has 0 spiro atoms. The minimum atomic E-state index is 0.0486. The molecule has 0 aromatic carbocycles. The summed E-state index contributed by atoms with van der Waals surface area (Å²) in [4.78, 5) is 4.07. The zero-order valence-corrected chi connectivity index (χ0v) is 8.58. The van der Waals surface area contributed by atoms with Crippen molar-refractivity contribution in [3.63, 3.8) is 0 Å². The second kappa shape index (κ2) is 3.91. The Labute approximate surface area is 83.6 Å². The van der Waals surface area contributed by atoms with Gasteiger partial charge in [-0.15, -0.1) is 0 Å². The van der Waals surface area contributed by atoms with Crippen LogP contribution in [-0.4, -0.2) is 27.5 Å². The number of halogens is 1. The fraction of sp³-hybridized carbons (Fsp3) is 0.667. The number of hydrogen-bond donors (Lipinski definition) is 0. The van der Waals surface area contributed by atoms with Crippen LogP contribution in [-0.2, 0) is 4.74 Å². The summed E-state index contributed by atoms with van der Waals surface area (Å²) in [7, 11) is 0. The summed E-state index contributed by atoms with van der Waals surface area (Å²) in [5, 5.41) is 0. The van der Waals surface area contributed by atoms with Crippen molar-refractivity contribution in [1.29, 1.82) is 0 Å². The minimum absolute atomic E-state index is 0.0486. The standard InChI is InChI=1S/C6H7ClN2OS2/c7-6-8-5(9-12-6)4-3-11-2-1-10-4/h4H,1-3H2. The maximum Gasteiger partial charge on any atom is 0.203 e. The predicted octanol–water partition coefficient (Wildman–Crippen LogP) is 2.00. The van der Waals surface area contributed by atoms with Crippen molar-refractivity contribution >= 4 is 34.9 Å². The SMILES string of the molecule is Clc1nc(C2CSCCO2)ns1. The third kappa shape index (κ3) is 1.90. The van der Waals surface area contributed by atoms with Crippen LogP contribution in [0.3, 0.4) is 0 Å². The van der Waals surface area contributed by atoms with Gasteiger partial charge in [0.15, 0.2) is 5.82 Å². The molecule has 1 aromatic rings. The lowest BCUT2D eigenvalue weighted by Gasteiger charge is -2.19. The lowest BCUT2D eigenvalue weighted by Crippen LogP contribution is -2.16. The fourth-order valence-electron chi connectivity index (χ4n) is 0.983. The molecule has 0 bridgehead atoms. The number of hydrogen-bond acceptors (Lipinski definition) is 5. The fourth-order valence-corrected chi connectivity index (χ4v) is 2.47. The summed E-state index contributed by atoms with van der Waals surface area (Å²) in [6, 6.07) is 0. The van der Waals surface area contributed by atoms with Crippen LogP contribution in [0.2, 0.25) is 4.47 Å². The van der Waals surface area contributed by atoms with Crippen LogP contribution in [0.1, 0.15) is 11.9 Å². The molecule has 2 heterocycles. The molecule has 0 amide bonds. The Morgan fingerprint density at radius 3 is 3.08 bits per heavy atom. The third-order valence-electron chi connectivity index (χ3n) is 1.52. The largest absolute Gasteiger partial charge is 0.368 e. The van der Waals surface area contributed by atoms with Gasteiger partial charge in [-0.25, -0.2) is 4.98 Å². The average Bonchev–Trinajstić information content (AvgIpc) is 2.54. The number of rotatable bonds is 1. The highest BCUT2D eigenvalue weighted by molar-refractivity contribution is 7.99. The summed E-state index contributed by atoms with van der Waals surface area (Å²) in [5.41, 5.74) is 0. The van der Waals surface area contributed by atoms with Crippen LogP contribution in [0.25, 0.3) is 0 Å². The Balaban J connectivity index is 2.08. The van der Waals surface area contributed by atoms with E-state index in [1.807, 2.05) is 11.8 Å². The molecule has 0 radical (unpaired) electrons. The Bertz CT molecular complexity index is 262. The first-order chi connectivity index (χ1) is 5.86. The second-order valence-corrected chi connectivity index (χ2v) is 4.82. The van der Waals surface area contributed by atoms with E-state index in [0.29, 0.717) is 4.47 Å². The first-order valence-corrected chi connectivity index (χ1v) is 5.85. The molecule has 1 atom stereocenters. The summed E-state index contributed by atoms with van der Waals surface area (Å²) in [6.45, 7) is 0.784. The first-order valence-electron chi connectivity index (χ1n) is 3.55. The highest BCUT2D eigenvalue weighted by atomic mass is 35.5. The number of thioether (sulfide) groups is 1. The van der Waals surface area contributed by atoms with Crippen LogP contribution >= 0.6 is 34.9 Å². The van der Waals surface area contributed by atoms with E-state index in [2.05, 4.69) is 9.36 Å². The van der Waals surface area contributed by atoms with Gasteiger partial charge in [-0.1, -0.05) is 0 Å². The molecule has 1 aliphatic rings. The molecule has 1 unspecified atom stereocenters. The molecular weight excluding hydrogens is 216 g/mol. The van der Waals surface area contributed by atoms with Gasteiger partial charge < -0.3 is 4.74 Å². The molecule has 3 nitrogen and oxygen atoms in total. The lowest BCUT2D eigenvalue weighted by atomic mass is 10.4. The van der Waals surface area contributed by atoms with Crippen LogP contribution < -0.4 is 0 Å². The van der Waals surface area contributed by atoms with Gasteiger partial charge >= 0.3 is 0 Å². The summed E-state index contributed by atoms with van der Waals surface area (Å²) < 4.78 is 10.1. The number of nitrogens with zero attached hydrogens (tertiary/aromatic N) is 2. The monoisotopic (exact) mass is 222 g/mol. The molecule has 1 saturated heterocycles. The molecule has 0 N–H and O–H groups in total. The molecular formula is C6H7ClN2OS2. The summed E-state index contributed by atoms with van der Waals surface area (Å²) in [6.07, 6.45) is 0.0486. The Morgan fingerprint density at radius 2 is 2.50 bits per heavy atom. The van der Waals surface area contributed by atoms with Crippen LogP contribution in [0.15, 0.2) is 0 Å². The van der Waals surface area contributed by atoms with Crippen molar-refractivity contribution in [3.8, 4) is 0 Å². The van der Waals surface area contributed by atoms with E-state index in [1.165, 1.54) is 11.5 Å². The van der Waals surface area contributed by atoms with Gasteiger partial charge in [0.25, 0.3) is 0 Å². The molecule has 1 aliphatic heterocycles. The zero-order valence-electron chi connectivity index (χ0n) is 6.20. The number of ether oxygens (including phenoxy) is 1. The molecule has 6 heteroatoms. The van der Waals surface area contributed by atoms with Crippen molar-refractivity contribution < 1.29 is 4.74 Å². The summed E-state index contributed by atoms with van der Waals surface area (Å²) >= 11 is 8.74. The van der Waals surface area contributed by atoms with Crippen molar-refractivity contribution in [3.05, 3.63) is 10.3 Å². The maximum atomic E-state index is 5.66. The minimum Gasteiger partial charge on any atom is -0.368 e.